The Hall–Kier alpha value is -2.20. The molecule has 4 heteroatoms. The topological polar surface area (TPSA) is 28.5 Å². The summed E-state index contributed by atoms with van der Waals surface area (Å²) < 4.78 is 1.19. The Bertz CT molecular complexity index is 670. The summed E-state index contributed by atoms with van der Waals surface area (Å²) in [6.07, 6.45) is 1.80. The Morgan fingerprint density at radius 2 is 1.79 bits per heavy atom. The molecular weight excluding hydrogens is 254 g/mol. The molecule has 0 fully saturated rings. The first-order chi connectivity index (χ1) is 9.33. The minimum Gasteiger partial charge on any atom is -0.269 e. The normalized spacial score (nSPS) is 11.2. The average molecular weight is 267 g/mol. The molecule has 0 atom stereocenters. The van der Waals surface area contributed by atoms with E-state index in [0.29, 0.717) is 0 Å². The standard InChI is InChI=1S/C15H13N3S/c1-18(12-7-3-2-4-8-12)16-11-15-17-13-9-5-6-10-14(13)19-15/h2-11H,1H3/b16-11+. The van der Waals surface area contributed by atoms with Gasteiger partial charge in [0.25, 0.3) is 0 Å². The van der Waals surface area contributed by atoms with Crippen molar-refractivity contribution in [2.45, 2.75) is 0 Å². The molecule has 0 N–H and O–H groups in total. The fourth-order valence-corrected chi connectivity index (χ4v) is 2.63. The molecule has 0 aliphatic rings. The van der Waals surface area contributed by atoms with Crippen LogP contribution in [0.4, 0.5) is 5.69 Å². The third-order valence-corrected chi connectivity index (χ3v) is 3.75. The first-order valence-electron chi connectivity index (χ1n) is 6.01. The fourth-order valence-electron chi connectivity index (χ4n) is 1.79. The third-order valence-electron chi connectivity index (χ3n) is 2.78. The highest BCUT2D eigenvalue weighted by atomic mass is 32.1. The van der Waals surface area contributed by atoms with Gasteiger partial charge in [-0.1, -0.05) is 30.3 Å². The Labute approximate surface area is 115 Å². The van der Waals surface area contributed by atoms with Gasteiger partial charge in [-0.05, 0) is 24.3 Å². The Morgan fingerprint density at radius 3 is 2.58 bits per heavy atom. The van der Waals surface area contributed by atoms with Gasteiger partial charge in [-0.2, -0.15) is 5.10 Å². The van der Waals surface area contributed by atoms with Crippen molar-refractivity contribution in [1.82, 2.24) is 4.98 Å². The van der Waals surface area contributed by atoms with E-state index in [2.05, 4.69) is 16.2 Å². The molecule has 3 rings (SSSR count). The number of hydrazone groups is 1. The van der Waals surface area contributed by atoms with E-state index < -0.39 is 0 Å². The SMILES string of the molecule is CN(/N=C/c1nc2ccccc2s1)c1ccccc1. The van der Waals surface area contributed by atoms with Gasteiger partial charge in [-0.15, -0.1) is 11.3 Å². The van der Waals surface area contributed by atoms with Crippen LogP contribution < -0.4 is 5.01 Å². The lowest BCUT2D eigenvalue weighted by molar-refractivity contribution is 1.02. The van der Waals surface area contributed by atoms with Crippen LogP contribution in [-0.4, -0.2) is 18.2 Å². The minimum atomic E-state index is 0.920. The first kappa shape index (κ1) is 11.9. The Kier molecular flexibility index (Phi) is 3.25. The van der Waals surface area contributed by atoms with Crippen molar-refractivity contribution in [2.24, 2.45) is 5.10 Å². The first-order valence-corrected chi connectivity index (χ1v) is 6.83. The molecular formula is C15H13N3S. The lowest BCUT2D eigenvalue weighted by Crippen LogP contribution is -2.08. The molecule has 3 nitrogen and oxygen atoms in total. The van der Waals surface area contributed by atoms with E-state index in [1.807, 2.05) is 60.6 Å². The van der Waals surface area contributed by atoms with E-state index in [4.69, 9.17) is 0 Å². The summed E-state index contributed by atoms with van der Waals surface area (Å²) in [5.41, 5.74) is 2.08. The number of benzene rings is 2. The predicted octanol–water partition coefficient (Wildman–Crippen LogP) is 3.77. The van der Waals surface area contributed by atoms with Crippen LogP contribution in [0, 0.1) is 0 Å². The number of hydrogen-bond acceptors (Lipinski definition) is 4. The number of nitrogens with zero attached hydrogens (tertiary/aromatic N) is 3. The van der Waals surface area contributed by atoms with Gasteiger partial charge in [0.05, 0.1) is 22.1 Å². The summed E-state index contributed by atoms with van der Waals surface area (Å²) in [4.78, 5) is 4.52. The maximum atomic E-state index is 4.52. The van der Waals surface area contributed by atoms with Crippen LogP contribution >= 0.6 is 11.3 Å². The van der Waals surface area contributed by atoms with E-state index in [1.54, 1.807) is 17.6 Å². The molecule has 0 saturated carbocycles. The van der Waals surface area contributed by atoms with E-state index in [9.17, 15) is 0 Å². The van der Waals surface area contributed by atoms with Crippen molar-refractivity contribution >= 4 is 33.5 Å². The largest absolute Gasteiger partial charge is 0.269 e. The predicted molar refractivity (Wildman–Crippen MR) is 82.1 cm³/mol. The van der Waals surface area contributed by atoms with E-state index in [-0.39, 0.29) is 0 Å². The summed E-state index contributed by atoms with van der Waals surface area (Å²) in [5.74, 6) is 0. The zero-order chi connectivity index (χ0) is 13.1. The Balaban J connectivity index is 1.82. The third kappa shape index (κ3) is 2.63. The lowest BCUT2D eigenvalue weighted by atomic mass is 10.3. The van der Waals surface area contributed by atoms with E-state index >= 15 is 0 Å². The van der Waals surface area contributed by atoms with Crippen molar-refractivity contribution in [3.05, 3.63) is 59.6 Å². The summed E-state index contributed by atoms with van der Waals surface area (Å²) >= 11 is 1.65. The van der Waals surface area contributed by atoms with E-state index in [1.165, 1.54) is 4.70 Å². The number of thiazole rings is 1. The molecule has 0 unspecified atom stereocenters. The monoisotopic (exact) mass is 267 g/mol. The molecule has 0 bridgehead atoms. The highest BCUT2D eigenvalue weighted by molar-refractivity contribution is 7.20. The highest BCUT2D eigenvalue weighted by Crippen LogP contribution is 2.20. The number of aromatic nitrogens is 1. The van der Waals surface area contributed by atoms with Crippen LogP contribution in [0.5, 0.6) is 0 Å². The van der Waals surface area contributed by atoms with Crippen molar-refractivity contribution in [2.75, 3.05) is 12.1 Å². The molecule has 0 amide bonds. The van der Waals surface area contributed by atoms with Gasteiger partial charge in [-0.25, -0.2) is 4.98 Å². The van der Waals surface area contributed by atoms with Crippen LogP contribution in [0.25, 0.3) is 10.2 Å². The number of para-hydroxylation sites is 2. The zero-order valence-electron chi connectivity index (χ0n) is 10.5. The van der Waals surface area contributed by atoms with Gasteiger partial charge in [-0.3, -0.25) is 5.01 Å². The molecule has 94 valence electrons. The fraction of sp³-hybridized carbons (Fsp3) is 0.0667. The molecule has 0 saturated heterocycles. The smallest absolute Gasteiger partial charge is 0.137 e. The molecule has 0 aliphatic heterocycles. The summed E-state index contributed by atoms with van der Waals surface area (Å²) in [7, 11) is 1.93. The summed E-state index contributed by atoms with van der Waals surface area (Å²) in [6, 6.07) is 18.2. The molecule has 19 heavy (non-hydrogen) atoms. The maximum Gasteiger partial charge on any atom is 0.137 e. The van der Waals surface area contributed by atoms with Crippen LogP contribution in [0.2, 0.25) is 0 Å². The molecule has 0 spiro atoms. The molecule has 0 radical (unpaired) electrons. The van der Waals surface area contributed by atoms with Gasteiger partial charge in [0, 0.05) is 7.05 Å². The number of anilines is 1. The highest BCUT2D eigenvalue weighted by Gasteiger charge is 2.01. The second-order valence-corrected chi connectivity index (χ2v) is 5.19. The molecule has 0 aliphatic carbocycles. The number of fused-ring (bicyclic) bond motifs is 1. The summed E-state index contributed by atoms with van der Waals surface area (Å²) in [6.45, 7) is 0. The van der Waals surface area contributed by atoms with Gasteiger partial charge in [0.15, 0.2) is 0 Å². The Morgan fingerprint density at radius 1 is 1.05 bits per heavy atom. The van der Waals surface area contributed by atoms with Crippen LogP contribution in [-0.2, 0) is 0 Å². The minimum absolute atomic E-state index is 0.920. The number of hydrogen-bond donors (Lipinski definition) is 0. The summed E-state index contributed by atoms with van der Waals surface area (Å²) in [5, 5.41) is 7.18. The second kappa shape index (κ2) is 5.20. The van der Waals surface area contributed by atoms with Gasteiger partial charge >= 0.3 is 0 Å². The van der Waals surface area contributed by atoms with Crippen molar-refractivity contribution < 1.29 is 0 Å². The lowest BCUT2D eigenvalue weighted by Gasteiger charge is -2.11. The maximum absolute atomic E-state index is 4.52. The zero-order valence-corrected chi connectivity index (χ0v) is 11.3. The quantitative estimate of drug-likeness (QED) is 0.534. The van der Waals surface area contributed by atoms with Gasteiger partial charge in [0.1, 0.15) is 5.01 Å². The molecule has 1 aromatic heterocycles. The molecule has 3 aromatic rings. The van der Waals surface area contributed by atoms with E-state index in [0.717, 1.165) is 16.2 Å². The van der Waals surface area contributed by atoms with Crippen molar-refractivity contribution in [3.8, 4) is 0 Å². The van der Waals surface area contributed by atoms with Gasteiger partial charge < -0.3 is 0 Å². The second-order valence-electron chi connectivity index (χ2n) is 4.12. The van der Waals surface area contributed by atoms with Crippen LogP contribution in [0.15, 0.2) is 59.7 Å². The van der Waals surface area contributed by atoms with Gasteiger partial charge in [0.2, 0.25) is 0 Å². The molecule has 2 aromatic carbocycles. The van der Waals surface area contributed by atoms with Crippen LogP contribution in [0.1, 0.15) is 5.01 Å². The van der Waals surface area contributed by atoms with Crippen LogP contribution in [0.3, 0.4) is 0 Å². The average Bonchev–Trinajstić information content (AvgIpc) is 2.88. The number of rotatable bonds is 3. The van der Waals surface area contributed by atoms with Crippen molar-refractivity contribution in [3.63, 3.8) is 0 Å². The molecule has 1 heterocycles. The van der Waals surface area contributed by atoms with Crippen molar-refractivity contribution in [1.29, 1.82) is 0 Å².